The third-order valence-corrected chi connectivity index (χ3v) is 4.25. The molecule has 3 aromatic carbocycles. The van der Waals surface area contributed by atoms with E-state index in [1.807, 2.05) is 48.5 Å². The van der Waals surface area contributed by atoms with Crippen molar-refractivity contribution >= 4 is 0 Å². The van der Waals surface area contributed by atoms with Crippen LogP contribution in [0.15, 0.2) is 84.9 Å². The van der Waals surface area contributed by atoms with Crippen LogP contribution in [-0.2, 0) is 36.7 Å². The summed E-state index contributed by atoms with van der Waals surface area (Å²) in [5.74, 6) is 7.67. The quantitative estimate of drug-likeness (QED) is 0.318. The maximum Gasteiger partial charge on any atom is 0 e. The zero-order chi connectivity index (χ0) is 22.8. The molecule has 0 N–H and O–H groups in total. The fourth-order valence-corrected chi connectivity index (χ4v) is 2.73. The minimum Gasteiger partial charge on any atom is 0 e. The van der Waals surface area contributed by atoms with Crippen LogP contribution < -0.4 is 4.74 Å². The number of ether oxygens (including phenoxy) is 1. The molecule has 0 aliphatic rings. The van der Waals surface area contributed by atoms with Gasteiger partial charge in [0, 0.05) is 22.9 Å². The first-order chi connectivity index (χ1) is 14.7. The van der Waals surface area contributed by atoms with Gasteiger partial charge in [-0.3, -0.25) is 0 Å². The van der Waals surface area contributed by atoms with Gasteiger partial charge in [0.05, 0.1) is 12.5 Å². The first-order valence-electron chi connectivity index (χ1n) is 8.62. The molecule has 1 atom stereocenters. The van der Waals surface area contributed by atoms with E-state index >= 15 is 0 Å². The van der Waals surface area contributed by atoms with E-state index in [1.165, 1.54) is 5.56 Å². The van der Waals surface area contributed by atoms with Gasteiger partial charge in [0.2, 0.25) is 0 Å². The van der Waals surface area contributed by atoms with Crippen molar-refractivity contribution in [3.05, 3.63) is 122 Å². The second kappa shape index (κ2) is 17.6. The van der Waals surface area contributed by atoms with Gasteiger partial charge in [-0.05, 0) is 42.3 Å². The predicted octanol–water partition coefficient (Wildman–Crippen LogP) is 4.94. The molecule has 0 spiro atoms. The maximum absolute atomic E-state index is 7.50. The van der Waals surface area contributed by atoms with Crippen molar-refractivity contribution in [3.63, 3.8) is 0 Å². The molecule has 0 radical (unpaired) electrons. The van der Waals surface area contributed by atoms with Crippen LogP contribution in [-0.4, -0.2) is 7.11 Å². The van der Waals surface area contributed by atoms with Crippen LogP contribution in [0.5, 0.6) is 5.75 Å². The van der Waals surface area contributed by atoms with E-state index in [1.54, 1.807) is 7.11 Å². The minimum absolute atomic E-state index is 0. The molecule has 3 rings (SSSR count). The van der Waals surface area contributed by atoms with Crippen molar-refractivity contribution in [2.75, 3.05) is 7.11 Å². The standard InChI is InChI=1S/C23H20O.3CO.Cr/c1-23(20-11-7-4-8-12-20,18-17-19-9-5-3-6-10-19)21-13-15-22(24-2)16-14-21;3*1-2;/h3-16H,1-2H3;;;;. The van der Waals surface area contributed by atoms with Crippen molar-refractivity contribution in [2.24, 2.45) is 0 Å². The monoisotopic (exact) mass is 448 g/mol. The second-order valence-corrected chi connectivity index (χ2v) is 5.84. The number of hydrogen-bond donors (Lipinski definition) is 0. The van der Waals surface area contributed by atoms with E-state index in [4.69, 9.17) is 18.7 Å². The van der Waals surface area contributed by atoms with Gasteiger partial charge in [-0.25, -0.2) is 0 Å². The van der Waals surface area contributed by atoms with Crippen LogP contribution >= 0.6 is 0 Å². The Labute approximate surface area is 194 Å². The summed E-state index contributed by atoms with van der Waals surface area (Å²) in [6.45, 7) is 15.7. The molecule has 0 bridgehead atoms. The van der Waals surface area contributed by atoms with Crippen molar-refractivity contribution in [1.82, 2.24) is 0 Å². The summed E-state index contributed by atoms with van der Waals surface area (Å²) in [5, 5.41) is 0. The molecule has 0 fully saturated rings. The first-order valence-corrected chi connectivity index (χ1v) is 8.62. The summed E-state index contributed by atoms with van der Waals surface area (Å²) in [6.07, 6.45) is 0. The van der Waals surface area contributed by atoms with Crippen molar-refractivity contribution in [3.8, 4) is 17.6 Å². The van der Waals surface area contributed by atoms with Crippen LogP contribution in [0.4, 0.5) is 0 Å². The number of methoxy groups -OCH3 is 1. The Balaban J connectivity index is 0. The summed E-state index contributed by atoms with van der Waals surface area (Å²) < 4.78 is 27.8. The molecule has 1 unspecified atom stereocenters. The molecule has 31 heavy (non-hydrogen) atoms. The molecule has 154 valence electrons. The van der Waals surface area contributed by atoms with E-state index in [2.05, 4.69) is 75.1 Å². The molecule has 0 saturated carbocycles. The largest absolute Gasteiger partial charge is 0 e. The normalized spacial score (nSPS) is 9.94. The molecule has 0 amide bonds. The molecule has 0 aliphatic heterocycles. The number of benzene rings is 3. The smallest absolute Gasteiger partial charge is 0 e. The predicted molar refractivity (Wildman–Crippen MR) is 111 cm³/mol. The summed E-state index contributed by atoms with van der Waals surface area (Å²) in [5.41, 5.74) is 2.97. The van der Waals surface area contributed by atoms with E-state index in [9.17, 15) is 0 Å². The average Bonchev–Trinajstić information content (AvgIpc) is 2.87. The summed E-state index contributed by atoms with van der Waals surface area (Å²) in [6, 6.07) is 28.6. The van der Waals surface area contributed by atoms with Crippen LogP contribution in [0.3, 0.4) is 0 Å². The molecule has 3 aromatic rings. The SMILES string of the molecule is COc1ccc(C(C)(C#Cc2ccccc2)c2ccccc2)cc1.[C-]#[O+].[C-]#[O+].[C-]#[O+].[Cr]. The Bertz CT molecular complexity index is 968. The van der Waals surface area contributed by atoms with Gasteiger partial charge in [-0.2, -0.15) is 0 Å². The molecular formula is C26H20CrO4. The summed E-state index contributed by atoms with van der Waals surface area (Å²) >= 11 is 0. The topological polar surface area (TPSA) is 68.9 Å². The zero-order valence-electron chi connectivity index (χ0n) is 17.1. The van der Waals surface area contributed by atoms with Crippen molar-refractivity contribution in [1.29, 1.82) is 0 Å². The van der Waals surface area contributed by atoms with Gasteiger partial charge in [-0.1, -0.05) is 72.5 Å². The number of rotatable bonds is 3. The van der Waals surface area contributed by atoms with Gasteiger partial charge >= 0.3 is 33.9 Å². The van der Waals surface area contributed by atoms with E-state index in [0.717, 1.165) is 16.9 Å². The second-order valence-electron chi connectivity index (χ2n) is 5.84. The van der Waals surface area contributed by atoms with Gasteiger partial charge in [-0.15, -0.1) is 0 Å². The van der Waals surface area contributed by atoms with Crippen LogP contribution in [0.25, 0.3) is 0 Å². The molecule has 4 nitrogen and oxygen atoms in total. The van der Waals surface area contributed by atoms with Crippen molar-refractivity contribution in [2.45, 2.75) is 12.3 Å². The van der Waals surface area contributed by atoms with Gasteiger partial charge in [0.15, 0.2) is 0 Å². The molecule has 0 aliphatic carbocycles. The summed E-state index contributed by atoms with van der Waals surface area (Å²) in [4.78, 5) is 0. The Morgan fingerprint density at radius 2 is 1.10 bits per heavy atom. The molecule has 0 heterocycles. The molecule has 5 heteroatoms. The Hall–Kier alpha value is -3.23. The van der Waals surface area contributed by atoms with E-state index < -0.39 is 0 Å². The van der Waals surface area contributed by atoms with E-state index in [0.29, 0.717) is 0 Å². The van der Waals surface area contributed by atoms with Crippen molar-refractivity contribution < 1.29 is 36.1 Å². The van der Waals surface area contributed by atoms with Gasteiger partial charge < -0.3 is 4.74 Å². The zero-order valence-corrected chi connectivity index (χ0v) is 18.4. The molecular weight excluding hydrogens is 428 g/mol. The van der Waals surface area contributed by atoms with Gasteiger partial charge in [0.1, 0.15) is 5.75 Å². The fraction of sp³-hybridized carbons (Fsp3) is 0.115. The Morgan fingerprint density at radius 1 is 0.677 bits per heavy atom. The Morgan fingerprint density at radius 3 is 1.55 bits per heavy atom. The van der Waals surface area contributed by atoms with Gasteiger partial charge in [0.25, 0.3) is 0 Å². The molecule has 0 saturated heterocycles. The fourth-order valence-electron chi connectivity index (χ4n) is 2.73. The summed E-state index contributed by atoms with van der Waals surface area (Å²) in [7, 11) is 1.68. The minimum atomic E-state index is -0.386. The van der Waals surface area contributed by atoms with Crippen LogP contribution in [0.2, 0.25) is 0 Å². The van der Waals surface area contributed by atoms with Crippen LogP contribution in [0, 0.1) is 31.8 Å². The van der Waals surface area contributed by atoms with E-state index in [-0.39, 0.29) is 22.8 Å². The maximum atomic E-state index is 7.50. The Kier molecular flexibility index (Phi) is 17.0. The third-order valence-electron chi connectivity index (χ3n) is 4.25. The number of hydrogen-bond acceptors (Lipinski definition) is 1. The third kappa shape index (κ3) is 8.98. The average molecular weight is 448 g/mol. The van der Waals surface area contributed by atoms with Crippen LogP contribution in [0.1, 0.15) is 23.6 Å². The first kappa shape index (κ1) is 30.0. The molecule has 0 aromatic heterocycles.